The molecule has 0 saturated carbocycles. The van der Waals surface area contributed by atoms with E-state index in [-0.39, 0.29) is 12.4 Å². The van der Waals surface area contributed by atoms with Gasteiger partial charge in [0.2, 0.25) is 5.78 Å². The van der Waals surface area contributed by atoms with Crippen LogP contribution in [0.3, 0.4) is 0 Å². The second-order valence-electron chi connectivity index (χ2n) is 6.27. The molecule has 0 saturated heterocycles. The van der Waals surface area contributed by atoms with E-state index in [1.165, 1.54) is 0 Å². The minimum absolute atomic E-state index is 0.0530. The van der Waals surface area contributed by atoms with Gasteiger partial charge in [-0.05, 0) is 26.0 Å². The average Bonchev–Trinajstić information content (AvgIpc) is 3.01. The maximum Gasteiger partial charge on any atom is 0.338 e. The molecule has 26 heavy (non-hydrogen) atoms. The standard InChI is InChI=1S/C21H20N2O3/c1-14-4-8-16(9-5-14)19(24)20-22-12-18(23(20)3)13-26-21(25)17-10-6-15(2)7-11-17/h4-12H,13H2,1-3H3. The Kier molecular flexibility index (Phi) is 4.98. The molecular weight excluding hydrogens is 328 g/mol. The molecule has 3 aromatic rings. The van der Waals surface area contributed by atoms with Crippen LogP contribution in [0.1, 0.15) is 43.4 Å². The van der Waals surface area contributed by atoms with E-state index in [9.17, 15) is 9.59 Å². The molecule has 0 amide bonds. The maximum atomic E-state index is 12.6. The number of carbonyl (C=O) groups is 2. The average molecular weight is 348 g/mol. The van der Waals surface area contributed by atoms with Gasteiger partial charge in [0.1, 0.15) is 6.61 Å². The largest absolute Gasteiger partial charge is 0.456 e. The fourth-order valence-corrected chi connectivity index (χ4v) is 2.54. The topological polar surface area (TPSA) is 61.2 Å². The number of esters is 1. The summed E-state index contributed by atoms with van der Waals surface area (Å²) in [5.41, 5.74) is 3.89. The molecule has 0 bridgehead atoms. The van der Waals surface area contributed by atoms with Gasteiger partial charge in [0, 0.05) is 12.6 Å². The number of hydrogen-bond acceptors (Lipinski definition) is 4. The molecular formula is C21H20N2O3. The van der Waals surface area contributed by atoms with Crippen molar-refractivity contribution >= 4 is 11.8 Å². The highest BCUT2D eigenvalue weighted by molar-refractivity contribution is 6.06. The van der Waals surface area contributed by atoms with Crippen LogP contribution in [0.2, 0.25) is 0 Å². The molecule has 0 atom stereocenters. The zero-order chi connectivity index (χ0) is 18.7. The van der Waals surface area contributed by atoms with Gasteiger partial charge in [-0.1, -0.05) is 47.5 Å². The van der Waals surface area contributed by atoms with Crippen LogP contribution in [-0.4, -0.2) is 21.3 Å². The molecule has 5 nitrogen and oxygen atoms in total. The fraction of sp³-hybridized carbons (Fsp3) is 0.190. The summed E-state index contributed by atoms with van der Waals surface area (Å²) >= 11 is 0. The number of benzene rings is 2. The Morgan fingerprint density at radius 3 is 2.04 bits per heavy atom. The van der Waals surface area contributed by atoms with Gasteiger partial charge >= 0.3 is 5.97 Å². The van der Waals surface area contributed by atoms with Gasteiger partial charge in [-0.15, -0.1) is 0 Å². The molecule has 0 aliphatic rings. The number of hydrogen-bond donors (Lipinski definition) is 0. The van der Waals surface area contributed by atoms with Gasteiger partial charge in [-0.2, -0.15) is 0 Å². The first-order valence-corrected chi connectivity index (χ1v) is 8.31. The Hall–Kier alpha value is -3.21. The van der Waals surface area contributed by atoms with Crippen molar-refractivity contribution < 1.29 is 14.3 Å². The summed E-state index contributed by atoms with van der Waals surface area (Å²) in [5.74, 6) is -0.253. The van der Waals surface area contributed by atoms with Crippen molar-refractivity contribution in [3.63, 3.8) is 0 Å². The molecule has 0 aliphatic carbocycles. The quantitative estimate of drug-likeness (QED) is 0.522. The van der Waals surface area contributed by atoms with E-state index in [1.54, 1.807) is 42.1 Å². The van der Waals surface area contributed by atoms with Crippen LogP contribution < -0.4 is 0 Å². The molecule has 0 radical (unpaired) electrons. The third-order valence-electron chi connectivity index (χ3n) is 4.24. The highest BCUT2D eigenvalue weighted by Crippen LogP contribution is 2.13. The highest BCUT2D eigenvalue weighted by Gasteiger charge is 2.17. The van der Waals surface area contributed by atoms with Gasteiger partial charge in [-0.25, -0.2) is 9.78 Å². The lowest BCUT2D eigenvalue weighted by molar-refractivity contribution is 0.0464. The number of imidazole rings is 1. The summed E-state index contributed by atoms with van der Waals surface area (Å²) in [6.07, 6.45) is 1.56. The van der Waals surface area contributed by atoms with Crippen LogP contribution in [0.15, 0.2) is 54.7 Å². The number of ketones is 1. The van der Waals surface area contributed by atoms with E-state index < -0.39 is 5.97 Å². The molecule has 0 fully saturated rings. The first-order chi connectivity index (χ1) is 12.5. The van der Waals surface area contributed by atoms with E-state index >= 15 is 0 Å². The van der Waals surface area contributed by atoms with Crippen LogP contribution in [0.5, 0.6) is 0 Å². The van der Waals surface area contributed by atoms with Crippen molar-refractivity contribution in [2.45, 2.75) is 20.5 Å². The summed E-state index contributed by atoms with van der Waals surface area (Å²) < 4.78 is 7.00. The monoisotopic (exact) mass is 348 g/mol. The summed E-state index contributed by atoms with van der Waals surface area (Å²) in [6.45, 7) is 3.98. The molecule has 0 unspecified atom stereocenters. The predicted octanol–water partition coefficient (Wildman–Crippen LogP) is 3.62. The second-order valence-corrected chi connectivity index (χ2v) is 6.27. The maximum absolute atomic E-state index is 12.6. The Labute approximate surface area is 152 Å². The molecule has 1 heterocycles. The number of aromatic nitrogens is 2. The lowest BCUT2D eigenvalue weighted by Crippen LogP contribution is -2.12. The molecule has 2 aromatic carbocycles. The minimum atomic E-state index is -0.405. The van der Waals surface area contributed by atoms with E-state index in [2.05, 4.69) is 4.98 Å². The Morgan fingerprint density at radius 2 is 1.46 bits per heavy atom. The predicted molar refractivity (Wildman–Crippen MR) is 98.1 cm³/mol. The zero-order valence-corrected chi connectivity index (χ0v) is 15.0. The molecule has 5 heteroatoms. The van der Waals surface area contributed by atoms with Crippen molar-refractivity contribution in [2.75, 3.05) is 0 Å². The first kappa shape index (κ1) is 17.6. The van der Waals surface area contributed by atoms with E-state index in [4.69, 9.17) is 4.74 Å². The lowest BCUT2D eigenvalue weighted by Gasteiger charge is -2.07. The first-order valence-electron chi connectivity index (χ1n) is 8.31. The molecule has 1 aromatic heterocycles. The van der Waals surface area contributed by atoms with Crippen molar-refractivity contribution in [3.8, 4) is 0 Å². The number of aryl methyl sites for hydroxylation is 2. The summed E-state index contributed by atoms with van der Waals surface area (Å²) in [5, 5.41) is 0. The number of rotatable bonds is 5. The van der Waals surface area contributed by atoms with E-state index in [1.807, 2.05) is 38.1 Å². The van der Waals surface area contributed by atoms with Gasteiger partial charge in [0.05, 0.1) is 17.5 Å². The normalized spacial score (nSPS) is 10.6. The third-order valence-corrected chi connectivity index (χ3v) is 4.24. The zero-order valence-electron chi connectivity index (χ0n) is 15.0. The number of nitrogens with zero attached hydrogens (tertiary/aromatic N) is 2. The SMILES string of the molecule is Cc1ccc(C(=O)OCc2cnc(C(=O)c3ccc(C)cc3)n2C)cc1. The number of carbonyl (C=O) groups excluding carboxylic acids is 2. The lowest BCUT2D eigenvalue weighted by atomic mass is 10.1. The van der Waals surface area contributed by atoms with Crippen LogP contribution in [-0.2, 0) is 18.4 Å². The van der Waals surface area contributed by atoms with Crippen LogP contribution >= 0.6 is 0 Å². The van der Waals surface area contributed by atoms with Crippen molar-refractivity contribution in [1.29, 1.82) is 0 Å². The van der Waals surface area contributed by atoms with Gasteiger partial charge < -0.3 is 9.30 Å². The molecule has 3 rings (SSSR count). The van der Waals surface area contributed by atoms with Crippen LogP contribution in [0, 0.1) is 13.8 Å². The van der Waals surface area contributed by atoms with Crippen molar-refractivity contribution in [3.05, 3.63) is 88.5 Å². The van der Waals surface area contributed by atoms with E-state index in [0.29, 0.717) is 22.6 Å². The third kappa shape index (κ3) is 3.72. The Balaban J connectivity index is 1.70. The van der Waals surface area contributed by atoms with Crippen LogP contribution in [0.4, 0.5) is 0 Å². The van der Waals surface area contributed by atoms with Gasteiger partial charge in [0.25, 0.3) is 0 Å². The van der Waals surface area contributed by atoms with Gasteiger partial charge in [-0.3, -0.25) is 4.79 Å². The molecule has 0 N–H and O–H groups in total. The minimum Gasteiger partial charge on any atom is -0.456 e. The van der Waals surface area contributed by atoms with Gasteiger partial charge in [0.15, 0.2) is 5.82 Å². The molecule has 132 valence electrons. The molecule has 0 spiro atoms. The van der Waals surface area contributed by atoms with E-state index in [0.717, 1.165) is 11.1 Å². The Bertz CT molecular complexity index is 938. The summed E-state index contributed by atoms with van der Waals surface area (Å²) in [4.78, 5) is 28.9. The second kappa shape index (κ2) is 7.35. The smallest absolute Gasteiger partial charge is 0.338 e. The van der Waals surface area contributed by atoms with Crippen molar-refractivity contribution in [2.24, 2.45) is 7.05 Å². The summed E-state index contributed by atoms with van der Waals surface area (Å²) in [6, 6.07) is 14.5. The Morgan fingerprint density at radius 1 is 0.923 bits per heavy atom. The molecule has 0 aliphatic heterocycles. The van der Waals surface area contributed by atoms with Crippen LogP contribution in [0.25, 0.3) is 0 Å². The summed E-state index contributed by atoms with van der Waals surface area (Å²) in [7, 11) is 1.74. The van der Waals surface area contributed by atoms with Crippen molar-refractivity contribution in [1.82, 2.24) is 9.55 Å². The highest BCUT2D eigenvalue weighted by atomic mass is 16.5. The number of ether oxygens (including phenoxy) is 1. The fourth-order valence-electron chi connectivity index (χ4n) is 2.54.